The van der Waals surface area contributed by atoms with E-state index in [1.54, 1.807) is 6.92 Å². The molecule has 100 valence electrons. The molecule has 0 nitrogen and oxygen atoms in total. The molecule has 0 spiro atoms. The molecule has 0 bridgehead atoms. The number of benzene rings is 2. The average Bonchev–Trinajstić information content (AvgIpc) is 2.33. The van der Waals surface area contributed by atoms with E-state index in [9.17, 15) is 8.78 Å². The van der Waals surface area contributed by atoms with Crippen molar-refractivity contribution in [2.24, 2.45) is 0 Å². The van der Waals surface area contributed by atoms with Gasteiger partial charge in [-0.25, -0.2) is 8.78 Å². The van der Waals surface area contributed by atoms with Gasteiger partial charge in [-0.05, 0) is 42.3 Å². The van der Waals surface area contributed by atoms with E-state index in [1.807, 2.05) is 18.2 Å². The van der Waals surface area contributed by atoms with Gasteiger partial charge in [-0.3, -0.25) is 0 Å². The zero-order chi connectivity index (χ0) is 14.2. The number of halogens is 5. The van der Waals surface area contributed by atoms with E-state index in [2.05, 4.69) is 47.8 Å². The van der Waals surface area contributed by atoms with Crippen LogP contribution in [0.1, 0.15) is 21.5 Å². The van der Waals surface area contributed by atoms with E-state index in [0.29, 0.717) is 5.56 Å². The van der Waals surface area contributed by atoms with Crippen LogP contribution in [-0.2, 0) is 0 Å². The molecule has 2 aromatic rings. The third kappa shape index (κ3) is 3.26. The predicted molar refractivity (Wildman–Crippen MR) is 83.7 cm³/mol. The molecule has 0 radical (unpaired) electrons. The molecule has 0 aliphatic heterocycles. The van der Waals surface area contributed by atoms with Gasteiger partial charge in [0, 0.05) is 14.5 Å². The van der Waals surface area contributed by atoms with Gasteiger partial charge in [-0.1, -0.05) is 53.9 Å². The standard InChI is InChI=1S/C14H9Br3F2/c1-7-4-13(19)10(6-12(7)18)14(17)9-3-2-8(15)5-11(9)16/h2-6,14H,1H3. The maximum absolute atomic E-state index is 14.0. The second-order valence-electron chi connectivity index (χ2n) is 4.15. The molecule has 0 aromatic heterocycles. The first kappa shape index (κ1) is 15.1. The molecule has 0 aliphatic rings. The lowest BCUT2D eigenvalue weighted by molar-refractivity contribution is 0.581. The van der Waals surface area contributed by atoms with Gasteiger partial charge in [-0.2, -0.15) is 0 Å². The SMILES string of the molecule is Cc1cc(F)c(C(Br)c2ccc(Br)cc2Br)cc1F. The largest absolute Gasteiger partial charge is 0.207 e. The Morgan fingerprint density at radius 1 is 0.947 bits per heavy atom. The van der Waals surface area contributed by atoms with Crippen LogP contribution in [0.15, 0.2) is 39.3 Å². The first-order chi connectivity index (χ1) is 8.90. The zero-order valence-corrected chi connectivity index (χ0v) is 14.6. The topological polar surface area (TPSA) is 0 Å². The molecule has 0 N–H and O–H groups in total. The summed E-state index contributed by atoms with van der Waals surface area (Å²) in [7, 11) is 0. The van der Waals surface area contributed by atoms with Crippen molar-refractivity contribution in [1.82, 2.24) is 0 Å². The van der Waals surface area contributed by atoms with Gasteiger partial charge >= 0.3 is 0 Å². The van der Waals surface area contributed by atoms with Crippen molar-refractivity contribution in [3.8, 4) is 0 Å². The van der Waals surface area contributed by atoms with Crippen molar-refractivity contribution in [1.29, 1.82) is 0 Å². The van der Waals surface area contributed by atoms with E-state index >= 15 is 0 Å². The number of aryl methyl sites for hydroxylation is 1. The Balaban J connectivity index is 2.49. The first-order valence-corrected chi connectivity index (χ1v) is 7.95. The summed E-state index contributed by atoms with van der Waals surface area (Å²) < 4.78 is 29.3. The fraction of sp³-hybridized carbons (Fsp3) is 0.143. The van der Waals surface area contributed by atoms with Gasteiger partial charge in [0.15, 0.2) is 0 Å². The van der Waals surface area contributed by atoms with E-state index in [4.69, 9.17) is 0 Å². The van der Waals surface area contributed by atoms with Crippen molar-refractivity contribution >= 4 is 47.8 Å². The molecule has 0 amide bonds. The van der Waals surface area contributed by atoms with E-state index in [-0.39, 0.29) is 5.56 Å². The van der Waals surface area contributed by atoms with Crippen LogP contribution in [0, 0.1) is 18.6 Å². The van der Waals surface area contributed by atoms with Gasteiger partial charge in [0.05, 0.1) is 4.83 Å². The maximum atomic E-state index is 14.0. The summed E-state index contributed by atoms with van der Waals surface area (Å²) in [6.45, 7) is 1.54. The Hall–Kier alpha value is -0.260. The first-order valence-electron chi connectivity index (χ1n) is 5.44. The minimum atomic E-state index is -0.421. The van der Waals surface area contributed by atoms with Gasteiger partial charge in [0.25, 0.3) is 0 Å². The highest BCUT2D eigenvalue weighted by atomic mass is 79.9. The van der Waals surface area contributed by atoms with Crippen molar-refractivity contribution in [2.45, 2.75) is 11.8 Å². The Bertz CT molecular complexity index is 626. The quantitative estimate of drug-likeness (QED) is 0.468. The molecular weight excluding hydrogens is 446 g/mol. The highest BCUT2D eigenvalue weighted by molar-refractivity contribution is 9.11. The van der Waals surface area contributed by atoms with E-state index in [1.165, 1.54) is 12.1 Å². The highest BCUT2D eigenvalue weighted by Gasteiger charge is 2.19. The molecule has 0 heterocycles. The van der Waals surface area contributed by atoms with Gasteiger partial charge in [0.1, 0.15) is 11.6 Å². The number of hydrogen-bond acceptors (Lipinski definition) is 0. The molecule has 1 atom stereocenters. The summed E-state index contributed by atoms with van der Waals surface area (Å²) >= 11 is 10.2. The molecule has 0 aliphatic carbocycles. The lowest BCUT2D eigenvalue weighted by Crippen LogP contribution is -2.00. The highest BCUT2D eigenvalue weighted by Crippen LogP contribution is 2.38. The molecule has 2 aromatic carbocycles. The Morgan fingerprint density at radius 2 is 1.63 bits per heavy atom. The molecule has 0 saturated carbocycles. The van der Waals surface area contributed by atoms with Crippen LogP contribution < -0.4 is 0 Å². The van der Waals surface area contributed by atoms with Crippen LogP contribution in [0.2, 0.25) is 0 Å². The fourth-order valence-electron chi connectivity index (χ4n) is 1.73. The second kappa shape index (κ2) is 6.02. The Labute approximate surface area is 135 Å². The van der Waals surface area contributed by atoms with Gasteiger partial charge in [-0.15, -0.1) is 0 Å². The monoisotopic (exact) mass is 452 g/mol. The smallest absolute Gasteiger partial charge is 0.128 e. The van der Waals surface area contributed by atoms with Crippen molar-refractivity contribution in [2.75, 3.05) is 0 Å². The fourth-order valence-corrected chi connectivity index (χ4v) is 4.06. The number of hydrogen-bond donors (Lipinski definition) is 0. The Morgan fingerprint density at radius 3 is 2.26 bits per heavy atom. The normalized spacial score (nSPS) is 12.5. The maximum Gasteiger partial charge on any atom is 0.128 e. The van der Waals surface area contributed by atoms with Crippen molar-refractivity contribution in [3.05, 3.63) is 67.6 Å². The van der Waals surface area contributed by atoms with Crippen LogP contribution in [0.4, 0.5) is 8.78 Å². The molecule has 0 saturated heterocycles. The summed E-state index contributed by atoms with van der Waals surface area (Å²) in [5, 5.41) is 0. The minimum absolute atomic E-state index is 0.283. The summed E-state index contributed by atoms with van der Waals surface area (Å²) in [4.78, 5) is -0.412. The number of alkyl halides is 1. The number of rotatable bonds is 2. The summed E-state index contributed by atoms with van der Waals surface area (Å²) in [6.07, 6.45) is 0. The third-order valence-corrected chi connectivity index (χ3v) is 4.95. The van der Waals surface area contributed by atoms with E-state index < -0.39 is 16.5 Å². The van der Waals surface area contributed by atoms with Gasteiger partial charge < -0.3 is 0 Å². The third-order valence-electron chi connectivity index (χ3n) is 2.79. The van der Waals surface area contributed by atoms with Crippen LogP contribution >= 0.6 is 47.8 Å². The summed E-state index contributed by atoms with van der Waals surface area (Å²) in [5.41, 5.74) is 1.42. The molecule has 2 rings (SSSR count). The van der Waals surface area contributed by atoms with E-state index in [0.717, 1.165) is 14.5 Å². The van der Waals surface area contributed by atoms with Crippen LogP contribution in [0.3, 0.4) is 0 Å². The molecule has 5 heteroatoms. The summed E-state index contributed by atoms with van der Waals surface area (Å²) in [6, 6.07) is 8.03. The summed E-state index contributed by atoms with van der Waals surface area (Å²) in [5.74, 6) is -0.829. The van der Waals surface area contributed by atoms with Crippen LogP contribution in [-0.4, -0.2) is 0 Å². The molecule has 1 unspecified atom stereocenters. The van der Waals surface area contributed by atoms with Crippen molar-refractivity contribution < 1.29 is 8.78 Å². The van der Waals surface area contributed by atoms with Crippen molar-refractivity contribution in [3.63, 3.8) is 0 Å². The molecular formula is C14H9Br3F2. The minimum Gasteiger partial charge on any atom is -0.207 e. The predicted octanol–water partition coefficient (Wildman–Crippen LogP) is 6.28. The van der Waals surface area contributed by atoms with Crippen LogP contribution in [0.25, 0.3) is 0 Å². The average molecular weight is 455 g/mol. The Kier molecular flexibility index (Phi) is 4.79. The zero-order valence-electron chi connectivity index (χ0n) is 9.85. The van der Waals surface area contributed by atoms with Crippen LogP contribution in [0.5, 0.6) is 0 Å². The lowest BCUT2D eigenvalue weighted by Gasteiger charge is -2.15. The van der Waals surface area contributed by atoms with Gasteiger partial charge in [0.2, 0.25) is 0 Å². The molecule has 0 fully saturated rings. The lowest BCUT2D eigenvalue weighted by atomic mass is 10.0. The molecule has 19 heavy (non-hydrogen) atoms. The second-order valence-corrected chi connectivity index (χ2v) is 6.84.